The van der Waals surface area contributed by atoms with E-state index in [2.05, 4.69) is 41.3 Å². The second kappa shape index (κ2) is 12.7. The van der Waals surface area contributed by atoms with Crippen molar-refractivity contribution in [3.63, 3.8) is 0 Å². The van der Waals surface area contributed by atoms with Crippen molar-refractivity contribution in [2.24, 2.45) is 0 Å². The van der Waals surface area contributed by atoms with Gasteiger partial charge in [0.2, 0.25) is 0 Å². The zero-order valence-corrected chi connectivity index (χ0v) is 16.7. The number of rotatable bonds is 11. The van der Waals surface area contributed by atoms with Gasteiger partial charge in [-0.1, -0.05) is 66.7 Å². The highest BCUT2D eigenvalue weighted by atomic mass is 16.5. The second-order valence-corrected chi connectivity index (χ2v) is 6.37. The normalized spacial score (nSPS) is 11.5. The van der Waals surface area contributed by atoms with Crippen LogP contribution in [0, 0.1) is 0 Å². The Kier molecular flexibility index (Phi) is 9.76. The predicted octanol–water partition coefficient (Wildman–Crippen LogP) is 4.42. The van der Waals surface area contributed by atoms with Crippen LogP contribution in [0.2, 0.25) is 0 Å². The summed E-state index contributed by atoms with van der Waals surface area (Å²) in [6, 6.07) is 18.5. The Morgan fingerprint density at radius 3 is 2.39 bits per heavy atom. The summed E-state index contributed by atoms with van der Waals surface area (Å²) >= 11 is 0. The molecule has 0 aliphatic heterocycles. The highest BCUT2D eigenvalue weighted by Gasteiger charge is 2.04. The summed E-state index contributed by atoms with van der Waals surface area (Å²) in [6.07, 6.45) is 7.55. The van der Waals surface area contributed by atoms with Crippen molar-refractivity contribution >= 4 is 18.1 Å². The summed E-state index contributed by atoms with van der Waals surface area (Å²) in [5.74, 6) is -0.317. The number of benzene rings is 2. The van der Waals surface area contributed by atoms with Gasteiger partial charge in [0.25, 0.3) is 0 Å². The highest BCUT2D eigenvalue weighted by Crippen LogP contribution is 2.10. The predicted molar refractivity (Wildman–Crippen MR) is 115 cm³/mol. The molecule has 0 radical (unpaired) electrons. The Morgan fingerprint density at radius 2 is 1.71 bits per heavy atom. The molecule has 0 spiro atoms. The van der Waals surface area contributed by atoms with Gasteiger partial charge in [-0.25, -0.2) is 4.79 Å². The summed E-state index contributed by atoms with van der Waals surface area (Å²) in [7, 11) is 1.72. The van der Waals surface area contributed by atoms with Gasteiger partial charge in [0.1, 0.15) is 0 Å². The molecule has 0 aliphatic carbocycles. The fraction of sp³-hybridized carbons (Fsp3) is 0.292. The van der Waals surface area contributed by atoms with E-state index in [9.17, 15) is 4.79 Å². The van der Waals surface area contributed by atoms with Crippen molar-refractivity contribution in [1.29, 1.82) is 0 Å². The first kappa shape index (κ1) is 21.6. The number of nitrogens with zero attached hydrogens (tertiary/aromatic N) is 1. The first-order valence-corrected chi connectivity index (χ1v) is 9.58. The number of hydrogen-bond donors (Lipinski definition) is 0. The van der Waals surface area contributed by atoms with E-state index < -0.39 is 0 Å². The molecule has 0 saturated heterocycles. The average molecular weight is 380 g/mol. The number of methoxy groups -OCH3 is 1. The highest BCUT2D eigenvalue weighted by molar-refractivity contribution is 5.87. The molecule has 0 atom stereocenters. The minimum absolute atomic E-state index is 0.317. The summed E-state index contributed by atoms with van der Waals surface area (Å²) < 4.78 is 10.1. The fourth-order valence-corrected chi connectivity index (χ4v) is 2.70. The number of ether oxygens (including phenoxy) is 2. The maximum atomic E-state index is 11.4. The lowest BCUT2D eigenvalue weighted by Gasteiger charge is -2.20. The van der Waals surface area contributed by atoms with E-state index in [1.807, 2.05) is 30.3 Å². The second-order valence-electron chi connectivity index (χ2n) is 6.37. The van der Waals surface area contributed by atoms with Crippen LogP contribution in [0.25, 0.3) is 12.2 Å². The Labute approximate surface area is 168 Å². The first-order valence-electron chi connectivity index (χ1n) is 9.58. The van der Waals surface area contributed by atoms with Crippen LogP contribution >= 0.6 is 0 Å². The maximum absolute atomic E-state index is 11.4. The third-order valence-electron chi connectivity index (χ3n) is 4.17. The molecule has 4 nitrogen and oxygen atoms in total. The molecule has 4 heteroatoms. The van der Waals surface area contributed by atoms with Gasteiger partial charge in [-0.05, 0) is 29.7 Å². The molecule has 0 saturated carbocycles. The molecule has 0 bridgehead atoms. The minimum Gasteiger partial charge on any atom is -0.463 e. The fourth-order valence-electron chi connectivity index (χ4n) is 2.70. The molecule has 2 aromatic rings. The SMILES string of the molecule is CCOC(=O)C=Cc1ccc(CN(CC=Cc2ccccc2)CCOC)cc1. The summed E-state index contributed by atoms with van der Waals surface area (Å²) in [4.78, 5) is 13.7. The third-order valence-corrected chi connectivity index (χ3v) is 4.17. The molecule has 2 rings (SSSR count). The quantitative estimate of drug-likeness (QED) is 0.428. The van der Waals surface area contributed by atoms with E-state index in [0.717, 1.165) is 25.2 Å². The van der Waals surface area contributed by atoms with Gasteiger partial charge in [-0.2, -0.15) is 0 Å². The number of esters is 1. The molecule has 0 N–H and O–H groups in total. The Bertz CT molecular complexity index is 751. The van der Waals surface area contributed by atoms with Gasteiger partial charge in [-0.15, -0.1) is 0 Å². The van der Waals surface area contributed by atoms with Crippen molar-refractivity contribution in [2.75, 3.05) is 33.4 Å². The Balaban J connectivity index is 1.93. The van der Waals surface area contributed by atoms with Crippen LogP contribution in [0.1, 0.15) is 23.6 Å². The van der Waals surface area contributed by atoms with Gasteiger partial charge in [0, 0.05) is 32.8 Å². The van der Waals surface area contributed by atoms with Crippen molar-refractivity contribution < 1.29 is 14.3 Å². The molecule has 0 heterocycles. The smallest absolute Gasteiger partial charge is 0.330 e. The molecule has 0 aromatic heterocycles. The third kappa shape index (κ3) is 8.33. The zero-order valence-electron chi connectivity index (χ0n) is 16.7. The number of hydrogen-bond acceptors (Lipinski definition) is 4. The largest absolute Gasteiger partial charge is 0.463 e. The minimum atomic E-state index is -0.317. The molecule has 2 aromatic carbocycles. The van der Waals surface area contributed by atoms with E-state index in [0.29, 0.717) is 13.2 Å². The van der Waals surface area contributed by atoms with Crippen LogP contribution in [0.3, 0.4) is 0 Å². The molecule has 0 amide bonds. The van der Waals surface area contributed by atoms with Crippen LogP contribution in [0.4, 0.5) is 0 Å². The molecular formula is C24H29NO3. The maximum Gasteiger partial charge on any atom is 0.330 e. The number of carbonyl (C=O) groups is 1. The summed E-state index contributed by atoms with van der Waals surface area (Å²) in [5, 5.41) is 0. The van der Waals surface area contributed by atoms with E-state index >= 15 is 0 Å². The first-order chi connectivity index (χ1) is 13.7. The average Bonchev–Trinajstić information content (AvgIpc) is 2.72. The molecule has 0 fully saturated rings. The van der Waals surface area contributed by atoms with Gasteiger partial charge in [0.05, 0.1) is 13.2 Å². The lowest BCUT2D eigenvalue weighted by Crippen LogP contribution is -2.27. The van der Waals surface area contributed by atoms with Crippen molar-refractivity contribution in [1.82, 2.24) is 4.90 Å². The Morgan fingerprint density at radius 1 is 1.00 bits per heavy atom. The number of carbonyl (C=O) groups excluding carboxylic acids is 1. The van der Waals surface area contributed by atoms with Gasteiger partial charge in [0.15, 0.2) is 0 Å². The molecule has 0 unspecified atom stereocenters. The zero-order chi connectivity index (χ0) is 20.0. The van der Waals surface area contributed by atoms with Crippen LogP contribution in [-0.2, 0) is 20.8 Å². The van der Waals surface area contributed by atoms with Crippen LogP contribution < -0.4 is 0 Å². The standard InChI is InChI=1S/C24H29NO3/c1-3-28-24(26)16-15-22-11-13-23(14-12-22)20-25(18-19-27-2)17-7-10-21-8-5-4-6-9-21/h4-16H,3,17-20H2,1-2H3. The van der Waals surface area contributed by atoms with Gasteiger partial charge in [-0.3, -0.25) is 4.90 Å². The van der Waals surface area contributed by atoms with E-state index in [-0.39, 0.29) is 5.97 Å². The molecule has 0 aliphatic rings. The van der Waals surface area contributed by atoms with Crippen LogP contribution in [0.15, 0.2) is 66.7 Å². The Hall–Kier alpha value is -2.69. The van der Waals surface area contributed by atoms with E-state index in [4.69, 9.17) is 9.47 Å². The van der Waals surface area contributed by atoms with Gasteiger partial charge < -0.3 is 9.47 Å². The monoisotopic (exact) mass is 379 g/mol. The van der Waals surface area contributed by atoms with E-state index in [1.165, 1.54) is 17.2 Å². The summed E-state index contributed by atoms with van der Waals surface area (Å²) in [5.41, 5.74) is 3.40. The molecule has 148 valence electrons. The summed E-state index contributed by atoms with van der Waals surface area (Å²) in [6.45, 7) is 5.43. The van der Waals surface area contributed by atoms with Crippen molar-refractivity contribution in [3.05, 3.63) is 83.4 Å². The lowest BCUT2D eigenvalue weighted by molar-refractivity contribution is -0.137. The van der Waals surface area contributed by atoms with Crippen molar-refractivity contribution in [3.8, 4) is 0 Å². The van der Waals surface area contributed by atoms with Crippen molar-refractivity contribution in [2.45, 2.75) is 13.5 Å². The molecule has 28 heavy (non-hydrogen) atoms. The molecular weight excluding hydrogens is 350 g/mol. The van der Waals surface area contributed by atoms with Gasteiger partial charge >= 0.3 is 5.97 Å². The lowest BCUT2D eigenvalue weighted by atomic mass is 10.1. The van der Waals surface area contributed by atoms with Crippen LogP contribution in [0.5, 0.6) is 0 Å². The van der Waals surface area contributed by atoms with E-state index in [1.54, 1.807) is 20.1 Å². The van der Waals surface area contributed by atoms with Crippen LogP contribution in [-0.4, -0.2) is 44.3 Å². The topological polar surface area (TPSA) is 38.8 Å².